The number of carbonyl (C=O) groups is 1. The number of rotatable bonds is 7. The summed E-state index contributed by atoms with van der Waals surface area (Å²) in [6.45, 7) is 3.51. The number of amides is 1. The molecular formula is C19H23NO2. The van der Waals surface area contributed by atoms with E-state index >= 15 is 0 Å². The van der Waals surface area contributed by atoms with Gasteiger partial charge in [0.1, 0.15) is 5.75 Å². The number of likely N-dealkylation sites (N-methyl/N-ethyl adjacent to an activating group) is 1. The number of methoxy groups -OCH3 is 1. The van der Waals surface area contributed by atoms with Crippen LogP contribution < -0.4 is 4.74 Å². The summed E-state index contributed by atoms with van der Waals surface area (Å²) in [7, 11) is 1.64. The maximum Gasteiger partial charge on any atom is 0.226 e. The number of ether oxygens (including phenoxy) is 1. The Balaban J connectivity index is 1.93. The Kier molecular flexibility index (Phi) is 6.01. The van der Waals surface area contributed by atoms with E-state index in [-0.39, 0.29) is 5.91 Å². The van der Waals surface area contributed by atoms with E-state index in [4.69, 9.17) is 4.74 Å². The summed E-state index contributed by atoms with van der Waals surface area (Å²) in [6.07, 6.45) is 1.30. The smallest absolute Gasteiger partial charge is 0.226 e. The molecule has 3 heteroatoms. The summed E-state index contributed by atoms with van der Waals surface area (Å²) in [5, 5.41) is 0. The normalized spacial score (nSPS) is 10.3. The summed E-state index contributed by atoms with van der Waals surface area (Å²) < 4.78 is 5.20. The Morgan fingerprint density at radius 1 is 1.05 bits per heavy atom. The van der Waals surface area contributed by atoms with Crippen molar-refractivity contribution < 1.29 is 9.53 Å². The number of benzene rings is 2. The van der Waals surface area contributed by atoms with Crippen molar-refractivity contribution in [3.63, 3.8) is 0 Å². The number of hydrogen-bond donors (Lipinski definition) is 0. The summed E-state index contributed by atoms with van der Waals surface area (Å²) in [5.41, 5.74) is 2.25. The minimum absolute atomic E-state index is 0.159. The van der Waals surface area contributed by atoms with Gasteiger partial charge in [0.2, 0.25) is 5.91 Å². The molecule has 1 amide bonds. The summed E-state index contributed by atoms with van der Waals surface area (Å²) in [4.78, 5) is 14.4. The topological polar surface area (TPSA) is 29.5 Å². The monoisotopic (exact) mass is 297 g/mol. The second kappa shape index (κ2) is 8.23. The predicted octanol–water partition coefficient (Wildman–Crippen LogP) is 3.33. The fourth-order valence-corrected chi connectivity index (χ4v) is 2.44. The maximum absolute atomic E-state index is 12.4. The van der Waals surface area contributed by atoms with Crippen molar-refractivity contribution in [1.82, 2.24) is 4.90 Å². The highest BCUT2D eigenvalue weighted by molar-refractivity contribution is 5.78. The van der Waals surface area contributed by atoms with E-state index in [1.807, 2.05) is 54.3 Å². The molecule has 0 radical (unpaired) electrons. The molecule has 0 saturated carbocycles. The molecule has 0 unspecified atom stereocenters. The Morgan fingerprint density at radius 2 is 1.77 bits per heavy atom. The third kappa shape index (κ3) is 4.62. The standard InChI is InChI=1S/C19H23NO2/c1-3-20(13-12-16-8-5-4-6-9-16)19(21)15-17-10-7-11-18(14-17)22-2/h4-11,14H,3,12-13,15H2,1-2H3. The van der Waals surface area contributed by atoms with Crippen molar-refractivity contribution in [2.24, 2.45) is 0 Å². The van der Waals surface area contributed by atoms with Gasteiger partial charge in [-0.05, 0) is 36.6 Å². The van der Waals surface area contributed by atoms with E-state index in [1.165, 1.54) is 5.56 Å². The maximum atomic E-state index is 12.4. The van der Waals surface area contributed by atoms with Gasteiger partial charge in [-0.2, -0.15) is 0 Å². The predicted molar refractivity (Wildman–Crippen MR) is 89.1 cm³/mol. The van der Waals surface area contributed by atoms with Gasteiger partial charge < -0.3 is 9.64 Å². The first-order chi connectivity index (χ1) is 10.7. The van der Waals surface area contributed by atoms with Crippen molar-refractivity contribution in [2.75, 3.05) is 20.2 Å². The fraction of sp³-hybridized carbons (Fsp3) is 0.316. The molecule has 3 nitrogen and oxygen atoms in total. The zero-order valence-electron chi connectivity index (χ0n) is 13.3. The lowest BCUT2D eigenvalue weighted by atomic mass is 10.1. The van der Waals surface area contributed by atoms with Crippen LogP contribution in [-0.2, 0) is 17.6 Å². The first kappa shape index (κ1) is 16.1. The third-order valence-electron chi connectivity index (χ3n) is 3.74. The van der Waals surface area contributed by atoms with Crippen LogP contribution in [0.2, 0.25) is 0 Å². The van der Waals surface area contributed by atoms with Gasteiger partial charge in [0.25, 0.3) is 0 Å². The highest BCUT2D eigenvalue weighted by Gasteiger charge is 2.12. The van der Waals surface area contributed by atoms with Gasteiger partial charge in [0, 0.05) is 13.1 Å². The van der Waals surface area contributed by atoms with Crippen LogP contribution in [0.25, 0.3) is 0 Å². The lowest BCUT2D eigenvalue weighted by Crippen LogP contribution is -2.33. The largest absolute Gasteiger partial charge is 0.497 e. The third-order valence-corrected chi connectivity index (χ3v) is 3.74. The highest BCUT2D eigenvalue weighted by Crippen LogP contribution is 2.14. The Morgan fingerprint density at radius 3 is 2.45 bits per heavy atom. The van der Waals surface area contributed by atoms with Crippen LogP contribution in [-0.4, -0.2) is 31.0 Å². The van der Waals surface area contributed by atoms with Crippen LogP contribution in [0.1, 0.15) is 18.1 Å². The number of hydrogen-bond acceptors (Lipinski definition) is 2. The quantitative estimate of drug-likeness (QED) is 0.784. The second-order valence-electron chi connectivity index (χ2n) is 5.24. The molecule has 116 valence electrons. The van der Waals surface area contributed by atoms with Crippen LogP contribution in [0, 0.1) is 0 Å². The summed E-state index contributed by atoms with van der Waals surface area (Å²) in [5.74, 6) is 0.948. The van der Waals surface area contributed by atoms with E-state index < -0.39 is 0 Å². The first-order valence-electron chi connectivity index (χ1n) is 7.67. The molecule has 0 aliphatic carbocycles. The van der Waals surface area contributed by atoms with Crippen molar-refractivity contribution in [3.8, 4) is 5.75 Å². The van der Waals surface area contributed by atoms with Crippen molar-refractivity contribution >= 4 is 5.91 Å². The van der Waals surface area contributed by atoms with Gasteiger partial charge >= 0.3 is 0 Å². The van der Waals surface area contributed by atoms with Crippen LogP contribution in [0.5, 0.6) is 5.75 Å². The van der Waals surface area contributed by atoms with E-state index in [2.05, 4.69) is 12.1 Å². The van der Waals surface area contributed by atoms with E-state index in [9.17, 15) is 4.79 Å². The fourth-order valence-electron chi connectivity index (χ4n) is 2.44. The zero-order chi connectivity index (χ0) is 15.8. The van der Waals surface area contributed by atoms with Gasteiger partial charge in [-0.15, -0.1) is 0 Å². The van der Waals surface area contributed by atoms with Crippen LogP contribution >= 0.6 is 0 Å². The molecule has 0 N–H and O–H groups in total. The molecule has 2 aromatic rings. The van der Waals surface area contributed by atoms with Gasteiger partial charge in [-0.1, -0.05) is 42.5 Å². The van der Waals surface area contributed by atoms with E-state index in [0.717, 1.165) is 30.8 Å². The van der Waals surface area contributed by atoms with Gasteiger partial charge in [-0.25, -0.2) is 0 Å². The first-order valence-corrected chi connectivity index (χ1v) is 7.67. The summed E-state index contributed by atoms with van der Waals surface area (Å²) in [6, 6.07) is 18.0. The number of carbonyl (C=O) groups excluding carboxylic acids is 1. The van der Waals surface area contributed by atoms with Crippen molar-refractivity contribution in [3.05, 3.63) is 65.7 Å². The van der Waals surface area contributed by atoms with Gasteiger partial charge in [-0.3, -0.25) is 4.79 Å². The molecule has 0 fully saturated rings. The molecule has 0 aliphatic rings. The second-order valence-corrected chi connectivity index (χ2v) is 5.24. The highest BCUT2D eigenvalue weighted by atomic mass is 16.5. The molecule has 0 aromatic heterocycles. The molecule has 2 rings (SSSR count). The minimum atomic E-state index is 0.159. The average molecular weight is 297 g/mol. The Bertz CT molecular complexity index is 595. The Hall–Kier alpha value is -2.29. The van der Waals surface area contributed by atoms with Crippen LogP contribution in [0.15, 0.2) is 54.6 Å². The molecule has 0 spiro atoms. The molecule has 0 bridgehead atoms. The molecular weight excluding hydrogens is 274 g/mol. The molecule has 22 heavy (non-hydrogen) atoms. The van der Waals surface area contributed by atoms with E-state index in [1.54, 1.807) is 7.11 Å². The van der Waals surface area contributed by atoms with Crippen LogP contribution in [0.4, 0.5) is 0 Å². The molecule has 0 aliphatic heterocycles. The molecule has 0 heterocycles. The zero-order valence-corrected chi connectivity index (χ0v) is 13.3. The lowest BCUT2D eigenvalue weighted by molar-refractivity contribution is -0.130. The van der Waals surface area contributed by atoms with E-state index in [0.29, 0.717) is 6.42 Å². The lowest BCUT2D eigenvalue weighted by Gasteiger charge is -2.21. The van der Waals surface area contributed by atoms with Crippen molar-refractivity contribution in [2.45, 2.75) is 19.8 Å². The van der Waals surface area contributed by atoms with Crippen LogP contribution in [0.3, 0.4) is 0 Å². The molecule has 0 saturated heterocycles. The average Bonchev–Trinajstić information content (AvgIpc) is 2.56. The van der Waals surface area contributed by atoms with Gasteiger partial charge in [0.15, 0.2) is 0 Å². The minimum Gasteiger partial charge on any atom is -0.497 e. The Labute approximate surface area is 132 Å². The number of nitrogens with zero attached hydrogens (tertiary/aromatic N) is 1. The van der Waals surface area contributed by atoms with Gasteiger partial charge in [0.05, 0.1) is 13.5 Å². The molecule has 2 aromatic carbocycles. The summed E-state index contributed by atoms with van der Waals surface area (Å²) >= 11 is 0. The molecule has 0 atom stereocenters. The van der Waals surface area contributed by atoms with Crippen molar-refractivity contribution in [1.29, 1.82) is 0 Å². The SMILES string of the molecule is CCN(CCc1ccccc1)C(=O)Cc1cccc(OC)c1.